The van der Waals surface area contributed by atoms with Crippen molar-refractivity contribution >= 4 is 29.2 Å². The van der Waals surface area contributed by atoms with Crippen molar-refractivity contribution in [2.24, 2.45) is 17.6 Å². The molecule has 126 valence electrons. The standard InChI is InChI=1S/C9H17NS2.C8H17N.Na.H/c11-9(12)10-7-6-8-4-2-1-3-5-8;9-7-6-8-4-2-1-3-5-8;;/h8H,1-7H2,(H2,10,11,12);8H,1-7,9H2;;/q;;+1;-1. The number of rotatable bonds is 5. The van der Waals surface area contributed by atoms with Gasteiger partial charge in [-0.1, -0.05) is 76.4 Å². The van der Waals surface area contributed by atoms with Crippen LogP contribution in [0.1, 0.15) is 78.5 Å². The Labute approximate surface area is 172 Å². The molecule has 3 N–H and O–H groups in total. The zero-order chi connectivity index (χ0) is 15.3. The van der Waals surface area contributed by atoms with Crippen molar-refractivity contribution in [3.63, 3.8) is 0 Å². The third-order valence-electron chi connectivity index (χ3n) is 4.85. The van der Waals surface area contributed by atoms with Gasteiger partial charge in [0.2, 0.25) is 0 Å². The second-order valence-corrected chi connectivity index (χ2v) is 7.76. The Bertz CT molecular complexity index is 269. The molecule has 0 bridgehead atoms. The summed E-state index contributed by atoms with van der Waals surface area (Å²) in [5, 5.41) is 3.09. The summed E-state index contributed by atoms with van der Waals surface area (Å²) in [5.74, 6) is 1.91. The molecule has 5 heteroatoms. The number of hydrogen-bond acceptors (Lipinski definition) is 2. The van der Waals surface area contributed by atoms with Crippen molar-refractivity contribution in [2.75, 3.05) is 13.1 Å². The van der Waals surface area contributed by atoms with Gasteiger partial charge in [-0.3, -0.25) is 0 Å². The molecule has 0 aromatic rings. The molecule has 0 aromatic carbocycles. The molecular formula is C17H35N2NaS2. The monoisotopic (exact) mass is 354 g/mol. The van der Waals surface area contributed by atoms with Crippen LogP contribution in [0.5, 0.6) is 0 Å². The van der Waals surface area contributed by atoms with Crippen LogP contribution in [-0.4, -0.2) is 17.4 Å². The van der Waals surface area contributed by atoms with Gasteiger partial charge in [0, 0.05) is 6.54 Å². The average Bonchev–Trinajstić information content (AvgIpc) is 2.50. The molecule has 0 heterocycles. The number of nitrogens with two attached hydrogens (primary N) is 1. The summed E-state index contributed by atoms with van der Waals surface area (Å²) < 4.78 is 0.630. The maximum atomic E-state index is 5.46. The third-order valence-corrected chi connectivity index (χ3v) is 5.16. The van der Waals surface area contributed by atoms with Crippen LogP contribution in [0.2, 0.25) is 0 Å². The Morgan fingerprint density at radius 1 is 0.955 bits per heavy atom. The Balaban J connectivity index is 0. The maximum Gasteiger partial charge on any atom is 1.00 e. The minimum atomic E-state index is 0. The van der Waals surface area contributed by atoms with E-state index in [2.05, 4.69) is 17.9 Å². The smallest absolute Gasteiger partial charge is 1.00 e. The van der Waals surface area contributed by atoms with Gasteiger partial charge in [0.15, 0.2) is 0 Å². The van der Waals surface area contributed by atoms with Crippen molar-refractivity contribution in [2.45, 2.75) is 77.0 Å². The fourth-order valence-electron chi connectivity index (χ4n) is 3.57. The van der Waals surface area contributed by atoms with E-state index in [9.17, 15) is 0 Å². The van der Waals surface area contributed by atoms with Gasteiger partial charge in [-0.2, -0.15) is 0 Å². The molecule has 0 aliphatic heterocycles. The van der Waals surface area contributed by atoms with E-state index in [0.717, 1.165) is 24.9 Å². The SMILES string of the molecule is NCCC1CCCCC1.S=C(S)NCCC1CCCCC1.[H-].[Na+]. The minimum absolute atomic E-state index is 0. The average molecular weight is 355 g/mol. The number of hydrogen-bond donors (Lipinski definition) is 3. The fourth-order valence-corrected chi connectivity index (χ4v) is 3.78. The topological polar surface area (TPSA) is 38.0 Å². The Hall–Kier alpha value is 1.20. The molecule has 2 rings (SSSR count). The summed E-state index contributed by atoms with van der Waals surface area (Å²) in [5.41, 5.74) is 5.46. The molecule has 2 nitrogen and oxygen atoms in total. The summed E-state index contributed by atoms with van der Waals surface area (Å²) >= 11 is 8.83. The largest absolute Gasteiger partial charge is 1.00 e. The maximum absolute atomic E-state index is 5.46. The molecule has 0 radical (unpaired) electrons. The van der Waals surface area contributed by atoms with Crippen molar-refractivity contribution in [3.8, 4) is 0 Å². The fraction of sp³-hybridized carbons (Fsp3) is 0.941. The molecule has 0 amide bonds. The molecule has 0 saturated heterocycles. The van der Waals surface area contributed by atoms with Crippen LogP contribution in [0.25, 0.3) is 0 Å². The van der Waals surface area contributed by atoms with Crippen molar-refractivity contribution in [3.05, 3.63) is 0 Å². The summed E-state index contributed by atoms with van der Waals surface area (Å²) in [6, 6.07) is 0. The zero-order valence-electron chi connectivity index (χ0n) is 15.5. The van der Waals surface area contributed by atoms with Gasteiger partial charge >= 0.3 is 29.6 Å². The van der Waals surface area contributed by atoms with E-state index in [4.69, 9.17) is 18.0 Å². The van der Waals surface area contributed by atoms with Crippen LogP contribution >= 0.6 is 24.8 Å². The Morgan fingerprint density at radius 2 is 1.41 bits per heavy atom. The van der Waals surface area contributed by atoms with Crippen molar-refractivity contribution in [1.82, 2.24) is 5.32 Å². The van der Waals surface area contributed by atoms with Crippen LogP contribution in [0.3, 0.4) is 0 Å². The molecule has 2 aliphatic carbocycles. The van der Waals surface area contributed by atoms with Crippen molar-refractivity contribution in [1.29, 1.82) is 0 Å². The van der Waals surface area contributed by atoms with E-state index < -0.39 is 0 Å². The van der Waals surface area contributed by atoms with Gasteiger partial charge in [-0.25, -0.2) is 0 Å². The quantitative estimate of drug-likeness (QED) is 0.400. The number of nitrogens with one attached hydrogen (secondary N) is 1. The first-order valence-corrected chi connectivity index (χ1v) is 9.74. The van der Waals surface area contributed by atoms with Gasteiger partial charge in [-0.05, 0) is 31.2 Å². The first-order chi connectivity index (χ1) is 10.2. The molecule has 2 saturated carbocycles. The summed E-state index contributed by atoms with van der Waals surface area (Å²) in [6.45, 7) is 1.90. The number of thiocarbonyl (C=S) groups is 1. The predicted molar refractivity (Wildman–Crippen MR) is 102 cm³/mol. The predicted octanol–water partition coefficient (Wildman–Crippen LogP) is 1.79. The molecule has 2 fully saturated rings. The minimum Gasteiger partial charge on any atom is -1.00 e. The van der Waals surface area contributed by atoms with Gasteiger partial charge in [0.25, 0.3) is 0 Å². The molecule has 2 aliphatic rings. The molecule has 0 aromatic heterocycles. The zero-order valence-corrected chi connectivity index (χ0v) is 18.2. The van der Waals surface area contributed by atoms with Crippen LogP contribution in [0.4, 0.5) is 0 Å². The van der Waals surface area contributed by atoms with Crippen molar-refractivity contribution < 1.29 is 31.0 Å². The van der Waals surface area contributed by atoms with Gasteiger partial charge in [0.05, 0.1) is 0 Å². The molecular weight excluding hydrogens is 319 g/mol. The van der Waals surface area contributed by atoms with E-state index in [-0.39, 0.29) is 31.0 Å². The molecule has 0 spiro atoms. The van der Waals surface area contributed by atoms with Gasteiger partial charge in [-0.15, -0.1) is 12.6 Å². The summed E-state index contributed by atoms with van der Waals surface area (Å²) in [4.78, 5) is 0. The van der Waals surface area contributed by atoms with E-state index in [0.29, 0.717) is 4.32 Å². The van der Waals surface area contributed by atoms with Crippen LogP contribution in [-0.2, 0) is 0 Å². The number of thiol groups is 1. The van der Waals surface area contributed by atoms with Crippen LogP contribution in [0.15, 0.2) is 0 Å². The van der Waals surface area contributed by atoms with Gasteiger partial charge < -0.3 is 12.5 Å². The third kappa shape index (κ3) is 12.6. The van der Waals surface area contributed by atoms with E-state index in [1.54, 1.807) is 0 Å². The summed E-state index contributed by atoms with van der Waals surface area (Å²) in [6.07, 6.45) is 16.9. The molecule has 22 heavy (non-hydrogen) atoms. The molecule has 0 unspecified atom stereocenters. The normalized spacial score (nSPS) is 19.5. The van der Waals surface area contributed by atoms with E-state index >= 15 is 0 Å². The molecule has 0 atom stereocenters. The van der Waals surface area contributed by atoms with Crippen LogP contribution < -0.4 is 40.6 Å². The Kier molecular flexibility index (Phi) is 16.6. The second kappa shape index (κ2) is 15.7. The first kappa shape index (κ1) is 23.2. The summed E-state index contributed by atoms with van der Waals surface area (Å²) in [7, 11) is 0. The first-order valence-electron chi connectivity index (χ1n) is 8.89. The second-order valence-electron chi connectivity index (χ2n) is 6.61. The van der Waals surface area contributed by atoms with Crippen LogP contribution in [0, 0.1) is 11.8 Å². The van der Waals surface area contributed by atoms with E-state index in [1.165, 1.54) is 77.0 Å². The Morgan fingerprint density at radius 3 is 1.82 bits per heavy atom. The van der Waals surface area contributed by atoms with Gasteiger partial charge in [0.1, 0.15) is 4.32 Å². The van der Waals surface area contributed by atoms with E-state index in [1.807, 2.05) is 0 Å².